The summed E-state index contributed by atoms with van der Waals surface area (Å²) in [5.41, 5.74) is 1.93. The molecule has 2 rings (SSSR count). The Morgan fingerprint density at radius 2 is 1.43 bits per heavy atom. The van der Waals surface area contributed by atoms with E-state index >= 15 is 0 Å². The molecule has 0 amide bonds. The number of allylic oxidation sites excluding steroid dienone is 1. The van der Waals surface area contributed by atoms with Gasteiger partial charge in [-0.15, -0.1) is 0 Å². The molecular weight excluding hydrogens is 280 g/mol. The summed E-state index contributed by atoms with van der Waals surface area (Å²) in [6.45, 7) is 0. The predicted octanol–water partition coefficient (Wildman–Crippen LogP) is 3.69. The highest BCUT2D eigenvalue weighted by molar-refractivity contribution is 7.95. The molecule has 0 radical (unpaired) electrons. The van der Waals surface area contributed by atoms with Crippen molar-refractivity contribution in [2.75, 3.05) is 5.75 Å². The van der Waals surface area contributed by atoms with Gasteiger partial charge in [-0.2, -0.15) is 0 Å². The van der Waals surface area contributed by atoms with Crippen molar-refractivity contribution < 1.29 is 9.35 Å². The highest BCUT2D eigenvalue weighted by Crippen LogP contribution is 2.05. The quantitative estimate of drug-likeness (QED) is 0.602. The second-order valence-corrected chi connectivity index (χ2v) is 5.77. The minimum atomic E-state index is -1.29. The third kappa shape index (κ3) is 5.81. The van der Waals surface area contributed by atoms with Gasteiger partial charge >= 0.3 is 0 Å². The monoisotopic (exact) mass is 296 g/mol. The van der Waals surface area contributed by atoms with E-state index in [1.54, 1.807) is 17.6 Å². The molecule has 21 heavy (non-hydrogen) atoms. The van der Waals surface area contributed by atoms with E-state index in [9.17, 15) is 9.35 Å². The molecule has 0 aromatic heterocycles. The maximum Gasteiger partial charge on any atom is 0.205 e. The van der Waals surface area contributed by atoms with Crippen LogP contribution in [0, 0.1) is 0 Å². The molecule has 0 fully saturated rings. The summed E-state index contributed by atoms with van der Waals surface area (Å²) in [5.74, 6) is -0.137. The molecule has 0 aliphatic heterocycles. The first-order valence-electron chi connectivity index (χ1n) is 6.60. The molecular formula is C18H16O2S. The van der Waals surface area contributed by atoms with Gasteiger partial charge in [0, 0.05) is 0 Å². The van der Waals surface area contributed by atoms with Crippen molar-refractivity contribution in [3.8, 4) is 0 Å². The fourth-order valence-corrected chi connectivity index (χ4v) is 2.49. The molecule has 2 nitrogen and oxygen atoms in total. The lowest BCUT2D eigenvalue weighted by atomic mass is 10.2. The normalized spacial score (nSPS) is 12.8. The SMILES string of the molecule is O=C(/C=C\c1ccccc1)C[S+]([O-])/C=C/c1ccccc1. The molecule has 106 valence electrons. The van der Waals surface area contributed by atoms with Gasteiger partial charge in [0.05, 0.1) is 0 Å². The van der Waals surface area contributed by atoms with Crippen molar-refractivity contribution in [1.82, 2.24) is 0 Å². The van der Waals surface area contributed by atoms with Crippen molar-refractivity contribution in [3.05, 3.63) is 83.3 Å². The standard InChI is InChI=1S/C18H16O2S/c19-18(12-11-16-7-3-1-4-8-16)15-21(20)14-13-17-9-5-2-6-10-17/h1-14H,15H2/b12-11-,14-13+. The molecule has 0 N–H and O–H groups in total. The lowest BCUT2D eigenvalue weighted by molar-refractivity contribution is -0.112. The van der Waals surface area contributed by atoms with Crippen molar-refractivity contribution in [1.29, 1.82) is 0 Å². The largest absolute Gasteiger partial charge is 0.612 e. The maximum absolute atomic E-state index is 11.8. The Bertz CT molecular complexity index is 618. The van der Waals surface area contributed by atoms with Crippen LogP contribution in [0.4, 0.5) is 0 Å². The molecule has 3 heteroatoms. The average molecular weight is 296 g/mol. The van der Waals surface area contributed by atoms with Gasteiger partial charge in [0.15, 0.2) is 5.75 Å². The van der Waals surface area contributed by atoms with Crippen LogP contribution >= 0.6 is 0 Å². The van der Waals surface area contributed by atoms with Gasteiger partial charge in [0.25, 0.3) is 0 Å². The number of ketones is 1. The van der Waals surface area contributed by atoms with E-state index in [4.69, 9.17) is 0 Å². The van der Waals surface area contributed by atoms with Crippen molar-refractivity contribution in [3.63, 3.8) is 0 Å². The zero-order chi connectivity index (χ0) is 14.9. The van der Waals surface area contributed by atoms with Crippen LogP contribution in [0.15, 0.2) is 72.1 Å². The van der Waals surface area contributed by atoms with Crippen LogP contribution < -0.4 is 0 Å². The zero-order valence-corrected chi connectivity index (χ0v) is 12.3. The Kier molecular flexibility index (Phi) is 6.00. The highest BCUT2D eigenvalue weighted by Gasteiger charge is 2.07. The maximum atomic E-state index is 11.8. The molecule has 0 aliphatic carbocycles. The summed E-state index contributed by atoms with van der Waals surface area (Å²) in [6.07, 6.45) is 4.98. The lowest BCUT2D eigenvalue weighted by Crippen LogP contribution is -2.11. The van der Waals surface area contributed by atoms with E-state index < -0.39 is 11.2 Å². The number of hydrogen-bond donors (Lipinski definition) is 0. The van der Waals surface area contributed by atoms with Gasteiger partial charge < -0.3 is 4.55 Å². The Morgan fingerprint density at radius 1 is 0.905 bits per heavy atom. The molecule has 1 unspecified atom stereocenters. The Hall–Kier alpha value is -2.10. The van der Waals surface area contributed by atoms with E-state index in [-0.39, 0.29) is 11.5 Å². The van der Waals surface area contributed by atoms with Gasteiger partial charge in [0.1, 0.15) is 5.41 Å². The molecule has 0 saturated carbocycles. The second kappa shape index (κ2) is 8.25. The molecule has 0 heterocycles. The first-order chi connectivity index (χ1) is 10.2. The fraction of sp³-hybridized carbons (Fsp3) is 0.0556. The van der Waals surface area contributed by atoms with Crippen LogP contribution in [0.5, 0.6) is 0 Å². The smallest absolute Gasteiger partial charge is 0.205 e. The van der Waals surface area contributed by atoms with Crippen LogP contribution in [-0.4, -0.2) is 16.1 Å². The Morgan fingerprint density at radius 3 is 2.00 bits per heavy atom. The first-order valence-corrected chi connectivity index (χ1v) is 7.98. The molecule has 0 spiro atoms. The molecule has 1 atom stereocenters. The third-order valence-corrected chi connectivity index (χ3v) is 3.77. The molecule has 2 aromatic carbocycles. The van der Waals surface area contributed by atoms with Crippen molar-refractivity contribution in [2.45, 2.75) is 0 Å². The number of hydrogen-bond acceptors (Lipinski definition) is 2. The minimum absolute atomic E-state index is 0.00661. The van der Waals surface area contributed by atoms with E-state index in [0.29, 0.717) is 0 Å². The number of carbonyl (C=O) groups is 1. The van der Waals surface area contributed by atoms with Crippen molar-refractivity contribution >= 4 is 29.1 Å². The third-order valence-electron chi connectivity index (χ3n) is 2.76. The zero-order valence-electron chi connectivity index (χ0n) is 11.5. The second-order valence-electron chi connectivity index (χ2n) is 4.45. The van der Waals surface area contributed by atoms with Gasteiger partial charge in [-0.1, -0.05) is 66.7 Å². The van der Waals surface area contributed by atoms with Gasteiger partial charge in [-0.05, 0) is 34.5 Å². The number of carbonyl (C=O) groups excluding carboxylic acids is 1. The fourth-order valence-electron chi connectivity index (χ4n) is 1.71. The van der Waals surface area contributed by atoms with Crippen LogP contribution in [0.1, 0.15) is 11.1 Å². The average Bonchev–Trinajstić information content (AvgIpc) is 2.53. The summed E-state index contributed by atoms with van der Waals surface area (Å²) in [6, 6.07) is 19.2. The summed E-state index contributed by atoms with van der Waals surface area (Å²) in [7, 11) is 0. The molecule has 0 bridgehead atoms. The van der Waals surface area contributed by atoms with E-state index in [0.717, 1.165) is 11.1 Å². The number of rotatable bonds is 6. The van der Waals surface area contributed by atoms with E-state index in [1.165, 1.54) is 6.08 Å². The number of benzene rings is 2. The van der Waals surface area contributed by atoms with Gasteiger partial charge in [-0.25, -0.2) is 0 Å². The summed E-state index contributed by atoms with van der Waals surface area (Å²) in [5, 5.41) is 1.56. The minimum Gasteiger partial charge on any atom is -0.612 e. The summed E-state index contributed by atoms with van der Waals surface area (Å²) < 4.78 is 11.8. The van der Waals surface area contributed by atoms with Crippen LogP contribution in [0.2, 0.25) is 0 Å². The van der Waals surface area contributed by atoms with E-state index in [1.807, 2.05) is 60.7 Å². The summed E-state index contributed by atoms with van der Waals surface area (Å²) in [4.78, 5) is 11.7. The molecule has 0 aliphatic rings. The predicted molar refractivity (Wildman–Crippen MR) is 89.0 cm³/mol. The first kappa shape index (κ1) is 15.3. The van der Waals surface area contributed by atoms with Gasteiger partial charge in [0.2, 0.25) is 5.78 Å². The lowest BCUT2D eigenvalue weighted by Gasteiger charge is -2.02. The van der Waals surface area contributed by atoms with Crippen LogP contribution in [-0.2, 0) is 16.0 Å². The summed E-state index contributed by atoms with van der Waals surface area (Å²) >= 11 is -1.29. The Labute approximate surface area is 128 Å². The molecule has 2 aromatic rings. The highest BCUT2D eigenvalue weighted by atomic mass is 32.2. The van der Waals surface area contributed by atoms with Gasteiger partial charge in [-0.3, -0.25) is 4.79 Å². The molecule has 0 saturated heterocycles. The van der Waals surface area contributed by atoms with Crippen LogP contribution in [0.25, 0.3) is 12.2 Å². The van der Waals surface area contributed by atoms with E-state index in [2.05, 4.69) is 0 Å². The Balaban J connectivity index is 1.85. The topological polar surface area (TPSA) is 40.1 Å². The van der Waals surface area contributed by atoms with Crippen LogP contribution in [0.3, 0.4) is 0 Å². The van der Waals surface area contributed by atoms with Crippen molar-refractivity contribution in [2.24, 2.45) is 0 Å².